The predicted molar refractivity (Wildman–Crippen MR) is 75.0 cm³/mol. The number of sulfonamides is 2. The second-order valence-electron chi connectivity index (χ2n) is 4.98. The Kier molecular flexibility index (Phi) is 4.19. The van der Waals surface area contributed by atoms with Crippen LogP contribution in [0.15, 0.2) is 34.1 Å². The predicted octanol–water partition coefficient (Wildman–Crippen LogP) is 0.897. The van der Waals surface area contributed by atoms with Crippen molar-refractivity contribution in [1.82, 2.24) is 4.31 Å². The molecule has 0 amide bonds. The van der Waals surface area contributed by atoms with Gasteiger partial charge in [-0.3, -0.25) is 0 Å². The first-order chi connectivity index (χ1) is 9.23. The van der Waals surface area contributed by atoms with E-state index >= 15 is 0 Å². The van der Waals surface area contributed by atoms with E-state index in [0.29, 0.717) is 0 Å². The topological polar surface area (TPSA) is 97.5 Å². The summed E-state index contributed by atoms with van der Waals surface area (Å²) in [5, 5.41) is 5.03. The van der Waals surface area contributed by atoms with Gasteiger partial charge in [0.15, 0.2) is 0 Å². The van der Waals surface area contributed by atoms with Crippen molar-refractivity contribution in [3.05, 3.63) is 24.3 Å². The van der Waals surface area contributed by atoms with E-state index in [-0.39, 0.29) is 15.8 Å². The molecule has 1 aromatic carbocycles. The molecule has 0 saturated heterocycles. The van der Waals surface area contributed by atoms with Crippen LogP contribution in [0.4, 0.5) is 0 Å². The molecule has 0 unspecified atom stereocenters. The number of nitrogens with two attached hydrogens (primary N) is 1. The molecule has 1 aliphatic rings. The van der Waals surface area contributed by atoms with Gasteiger partial charge in [0, 0.05) is 13.1 Å². The first-order valence-corrected chi connectivity index (χ1v) is 9.32. The van der Waals surface area contributed by atoms with E-state index in [1.165, 1.54) is 29.6 Å². The average Bonchev–Trinajstić information content (AvgIpc) is 2.90. The van der Waals surface area contributed by atoms with Crippen LogP contribution in [0.5, 0.6) is 0 Å². The van der Waals surface area contributed by atoms with Gasteiger partial charge in [0.2, 0.25) is 20.0 Å². The maximum atomic E-state index is 12.5. The Hall–Kier alpha value is -0.960. The maximum absolute atomic E-state index is 12.5. The van der Waals surface area contributed by atoms with Gasteiger partial charge in [0.05, 0.1) is 9.79 Å². The smallest absolute Gasteiger partial charge is 0.225 e. The highest BCUT2D eigenvalue weighted by Gasteiger charge is 2.30. The van der Waals surface area contributed by atoms with Crippen molar-refractivity contribution < 1.29 is 16.8 Å². The van der Waals surface area contributed by atoms with Gasteiger partial charge in [0.25, 0.3) is 0 Å². The van der Waals surface area contributed by atoms with Gasteiger partial charge in [0.1, 0.15) is 0 Å². The summed E-state index contributed by atoms with van der Waals surface area (Å²) in [4.78, 5) is -0.239. The molecule has 2 N–H and O–H groups in total. The second-order valence-corrected chi connectivity index (χ2v) is 8.54. The van der Waals surface area contributed by atoms with E-state index in [0.717, 1.165) is 31.7 Å². The summed E-state index contributed by atoms with van der Waals surface area (Å²) < 4.78 is 48.9. The van der Waals surface area contributed by atoms with Crippen molar-refractivity contribution in [2.24, 2.45) is 5.14 Å². The summed E-state index contributed by atoms with van der Waals surface area (Å²) in [6, 6.07) is 5.14. The van der Waals surface area contributed by atoms with Crippen molar-refractivity contribution in [2.45, 2.75) is 41.5 Å². The number of benzene rings is 1. The molecule has 0 heterocycles. The van der Waals surface area contributed by atoms with Gasteiger partial charge in [-0.25, -0.2) is 22.0 Å². The first kappa shape index (κ1) is 15.4. The lowest BCUT2D eigenvalue weighted by Crippen LogP contribution is -2.35. The highest BCUT2D eigenvalue weighted by Crippen LogP contribution is 2.27. The van der Waals surface area contributed by atoms with Gasteiger partial charge in [-0.05, 0) is 31.0 Å². The van der Waals surface area contributed by atoms with Crippen LogP contribution in [0.2, 0.25) is 0 Å². The maximum Gasteiger partial charge on any atom is 0.243 e. The number of primary sulfonamides is 1. The summed E-state index contributed by atoms with van der Waals surface area (Å²) in [5.74, 6) is 0. The third kappa shape index (κ3) is 3.03. The molecule has 8 heteroatoms. The quantitative estimate of drug-likeness (QED) is 0.891. The second kappa shape index (κ2) is 5.44. The zero-order valence-electron chi connectivity index (χ0n) is 11.2. The molecule has 0 radical (unpaired) electrons. The molecule has 20 heavy (non-hydrogen) atoms. The molecule has 2 rings (SSSR count). The molecule has 0 aliphatic heterocycles. The van der Waals surface area contributed by atoms with Gasteiger partial charge < -0.3 is 0 Å². The van der Waals surface area contributed by atoms with Crippen LogP contribution < -0.4 is 5.14 Å². The lowest BCUT2D eigenvalue weighted by atomic mass is 10.3. The Labute approximate surface area is 119 Å². The Bertz CT molecular complexity index is 692. The first-order valence-electron chi connectivity index (χ1n) is 6.34. The molecule has 112 valence electrons. The zero-order valence-corrected chi connectivity index (χ0v) is 12.8. The van der Waals surface area contributed by atoms with Crippen LogP contribution >= 0.6 is 0 Å². The fraction of sp³-hybridized carbons (Fsp3) is 0.500. The van der Waals surface area contributed by atoms with Crippen molar-refractivity contribution in [2.75, 3.05) is 7.05 Å². The SMILES string of the molecule is CN(C1CCCC1)S(=O)(=O)c1cccc(S(N)(=O)=O)c1. The number of rotatable bonds is 4. The average molecular weight is 318 g/mol. The van der Waals surface area contributed by atoms with Crippen molar-refractivity contribution in [3.8, 4) is 0 Å². The van der Waals surface area contributed by atoms with E-state index < -0.39 is 20.0 Å². The van der Waals surface area contributed by atoms with Crippen molar-refractivity contribution >= 4 is 20.0 Å². The minimum atomic E-state index is -3.91. The van der Waals surface area contributed by atoms with E-state index in [1.54, 1.807) is 0 Å². The van der Waals surface area contributed by atoms with Crippen LogP contribution in [0.3, 0.4) is 0 Å². The Balaban J connectivity index is 2.39. The monoisotopic (exact) mass is 318 g/mol. The third-order valence-electron chi connectivity index (χ3n) is 3.65. The van der Waals surface area contributed by atoms with Gasteiger partial charge in [-0.15, -0.1) is 0 Å². The molecular formula is C12H18N2O4S2. The minimum absolute atomic E-state index is 0.0156. The lowest BCUT2D eigenvalue weighted by molar-refractivity contribution is 0.373. The molecule has 0 aromatic heterocycles. The summed E-state index contributed by atoms with van der Waals surface area (Å²) >= 11 is 0. The summed E-state index contributed by atoms with van der Waals surface area (Å²) in [6.45, 7) is 0. The van der Waals surface area contributed by atoms with Crippen molar-refractivity contribution in [3.63, 3.8) is 0 Å². The van der Waals surface area contributed by atoms with Crippen LogP contribution in [0, 0.1) is 0 Å². The molecule has 0 atom stereocenters. The zero-order chi connectivity index (χ0) is 15.0. The fourth-order valence-corrected chi connectivity index (χ4v) is 4.54. The third-order valence-corrected chi connectivity index (χ3v) is 6.47. The normalized spacial score (nSPS) is 17.8. The van der Waals surface area contributed by atoms with Gasteiger partial charge in [-0.1, -0.05) is 18.9 Å². The van der Waals surface area contributed by atoms with E-state index in [9.17, 15) is 16.8 Å². The van der Waals surface area contributed by atoms with Crippen LogP contribution in [0.1, 0.15) is 25.7 Å². The van der Waals surface area contributed by atoms with E-state index in [2.05, 4.69) is 0 Å². The van der Waals surface area contributed by atoms with Crippen LogP contribution in [-0.2, 0) is 20.0 Å². The van der Waals surface area contributed by atoms with Crippen LogP contribution in [-0.4, -0.2) is 34.2 Å². The number of hydrogen-bond donors (Lipinski definition) is 1. The molecule has 1 fully saturated rings. The molecule has 0 bridgehead atoms. The number of nitrogens with zero attached hydrogens (tertiary/aromatic N) is 1. The molecular weight excluding hydrogens is 300 g/mol. The summed E-state index contributed by atoms with van der Waals surface area (Å²) in [5.41, 5.74) is 0. The molecule has 1 aromatic rings. The molecule has 6 nitrogen and oxygen atoms in total. The van der Waals surface area contributed by atoms with Gasteiger partial charge >= 0.3 is 0 Å². The highest BCUT2D eigenvalue weighted by atomic mass is 32.2. The summed E-state index contributed by atoms with van der Waals surface area (Å²) in [6.07, 6.45) is 3.71. The Morgan fingerprint density at radius 3 is 2.20 bits per heavy atom. The number of hydrogen-bond acceptors (Lipinski definition) is 4. The molecule has 1 aliphatic carbocycles. The lowest BCUT2D eigenvalue weighted by Gasteiger charge is -2.23. The van der Waals surface area contributed by atoms with E-state index in [1.807, 2.05) is 0 Å². The Morgan fingerprint density at radius 2 is 1.65 bits per heavy atom. The van der Waals surface area contributed by atoms with Crippen LogP contribution in [0.25, 0.3) is 0 Å². The summed E-state index contributed by atoms with van der Waals surface area (Å²) in [7, 11) is -6.07. The highest BCUT2D eigenvalue weighted by molar-refractivity contribution is 7.90. The molecule has 1 saturated carbocycles. The molecule has 0 spiro atoms. The van der Waals surface area contributed by atoms with Gasteiger partial charge in [-0.2, -0.15) is 4.31 Å². The standard InChI is InChI=1S/C12H18N2O4S2/c1-14(10-5-2-3-6-10)20(17,18)12-8-4-7-11(9-12)19(13,15)16/h4,7-10H,2-3,5-6H2,1H3,(H2,13,15,16). The largest absolute Gasteiger partial charge is 0.243 e. The fourth-order valence-electron chi connectivity index (χ4n) is 2.44. The Morgan fingerprint density at radius 1 is 1.10 bits per heavy atom. The van der Waals surface area contributed by atoms with E-state index in [4.69, 9.17) is 5.14 Å². The minimum Gasteiger partial charge on any atom is -0.225 e. The van der Waals surface area contributed by atoms with Crippen molar-refractivity contribution in [1.29, 1.82) is 0 Å².